The van der Waals surface area contributed by atoms with Gasteiger partial charge in [-0.1, -0.05) is 13.3 Å². The van der Waals surface area contributed by atoms with E-state index >= 15 is 0 Å². The number of carbonyl (C=O) groups excluding carboxylic acids is 3. The Balaban J connectivity index is 2.91. The van der Waals surface area contributed by atoms with E-state index in [2.05, 4.69) is 5.32 Å². The predicted molar refractivity (Wildman–Crippen MR) is 93.0 cm³/mol. The molecular formula is C16H25NO8S. The Morgan fingerprint density at radius 2 is 1.62 bits per heavy atom. The summed E-state index contributed by atoms with van der Waals surface area (Å²) in [5.74, 6) is -1.82. The third-order valence-corrected chi connectivity index (χ3v) is 3.58. The van der Waals surface area contributed by atoms with Crippen LogP contribution < -0.4 is 5.32 Å². The van der Waals surface area contributed by atoms with Gasteiger partial charge in [0.15, 0.2) is 24.5 Å². The van der Waals surface area contributed by atoms with Crippen LogP contribution in [0, 0.1) is 0 Å². The third kappa shape index (κ3) is 7.52. The lowest BCUT2D eigenvalue weighted by molar-refractivity contribution is -0.228. The van der Waals surface area contributed by atoms with Crippen molar-refractivity contribution in [3.05, 3.63) is 0 Å². The average molecular weight is 391 g/mol. The lowest BCUT2D eigenvalue weighted by atomic mass is 10.0. The van der Waals surface area contributed by atoms with Gasteiger partial charge in [0, 0.05) is 20.8 Å². The van der Waals surface area contributed by atoms with Crippen LogP contribution in [0.5, 0.6) is 0 Å². The van der Waals surface area contributed by atoms with E-state index in [1.54, 1.807) is 0 Å². The van der Waals surface area contributed by atoms with Crippen LogP contribution in [0.3, 0.4) is 0 Å². The predicted octanol–water partition coefficient (Wildman–Crippen LogP) is 0.829. The number of nitrogens with one attached hydrogen (secondary N) is 1. The molecule has 9 nitrogen and oxygen atoms in total. The summed E-state index contributed by atoms with van der Waals surface area (Å²) in [6, 6.07) is 0. The molecule has 0 spiro atoms. The largest absolute Gasteiger partial charge is 0.471 e. The Morgan fingerprint density at radius 3 is 2.15 bits per heavy atom. The second kappa shape index (κ2) is 10.9. The van der Waals surface area contributed by atoms with Crippen LogP contribution in [-0.2, 0) is 38.1 Å². The fraction of sp³-hybridized carbons (Fsp3) is 0.750. The number of hydrogen-bond donors (Lipinski definition) is 1. The molecule has 1 aliphatic heterocycles. The number of ether oxygens (including phenoxy) is 5. The molecule has 1 heterocycles. The zero-order chi connectivity index (χ0) is 19.7. The van der Waals surface area contributed by atoms with Gasteiger partial charge < -0.3 is 29.0 Å². The number of hydrogen-bond acceptors (Lipinski definition) is 9. The molecule has 1 aliphatic rings. The zero-order valence-electron chi connectivity index (χ0n) is 15.3. The lowest BCUT2D eigenvalue weighted by Crippen LogP contribution is -2.62. The van der Waals surface area contributed by atoms with E-state index in [1.165, 1.54) is 20.8 Å². The summed E-state index contributed by atoms with van der Waals surface area (Å²) in [4.78, 5) is 34.3. The van der Waals surface area contributed by atoms with Gasteiger partial charge in [-0.15, -0.1) is 0 Å². The van der Waals surface area contributed by atoms with Gasteiger partial charge in [-0.05, 0) is 18.6 Å². The summed E-state index contributed by atoms with van der Waals surface area (Å²) in [6.07, 6.45) is -2.22. The summed E-state index contributed by atoms with van der Waals surface area (Å²) in [6.45, 7) is 5.98. The standard InChI is InChI=1S/C16H25NO8S/c1-5-6-7-21-16(26)17-15-14(25-11(4)20)13(24-10(3)19)12(8-22-15)23-9(2)18/h12-15H,5-8H2,1-4H3,(H,17,26)/t12-,13-,14-,15+/m1/s1. The highest BCUT2D eigenvalue weighted by Crippen LogP contribution is 2.23. The van der Waals surface area contributed by atoms with Gasteiger partial charge in [0.05, 0.1) is 13.2 Å². The van der Waals surface area contributed by atoms with Crippen molar-refractivity contribution in [2.75, 3.05) is 13.2 Å². The van der Waals surface area contributed by atoms with Crippen LogP contribution in [0.4, 0.5) is 0 Å². The van der Waals surface area contributed by atoms with Crippen LogP contribution in [0.25, 0.3) is 0 Å². The minimum Gasteiger partial charge on any atom is -0.471 e. The van der Waals surface area contributed by atoms with E-state index in [0.717, 1.165) is 12.8 Å². The quantitative estimate of drug-likeness (QED) is 0.290. The highest BCUT2D eigenvalue weighted by molar-refractivity contribution is 7.80. The average Bonchev–Trinajstić information content (AvgIpc) is 2.52. The van der Waals surface area contributed by atoms with Crippen molar-refractivity contribution in [1.82, 2.24) is 5.32 Å². The minimum absolute atomic E-state index is 0.0631. The van der Waals surface area contributed by atoms with Gasteiger partial charge in [0.25, 0.3) is 5.17 Å². The molecule has 0 bridgehead atoms. The summed E-state index contributed by atoms with van der Waals surface area (Å²) in [5.41, 5.74) is 0. The molecule has 10 heteroatoms. The van der Waals surface area contributed by atoms with Crippen LogP contribution >= 0.6 is 12.2 Å². The number of unbranched alkanes of at least 4 members (excludes halogenated alkanes) is 1. The first-order valence-corrected chi connectivity index (χ1v) is 8.72. The topological polar surface area (TPSA) is 109 Å². The minimum atomic E-state index is -1.08. The summed E-state index contributed by atoms with van der Waals surface area (Å²) in [5, 5.41) is 2.85. The molecule has 26 heavy (non-hydrogen) atoms. The molecule has 0 unspecified atom stereocenters. The van der Waals surface area contributed by atoms with Gasteiger partial charge >= 0.3 is 17.9 Å². The molecular weight excluding hydrogens is 366 g/mol. The first-order chi connectivity index (χ1) is 12.2. The van der Waals surface area contributed by atoms with Crippen molar-refractivity contribution in [2.24, 2.45) is 0 Å². The Hall–Kier alpha value is -1.94. The molecule has 0 aromatic heterocycles. The molecule has 0 aliphatic carbocycles. The van der Waals surface area contributed by atoms with Gasteiger partial charge in [-0.2, -0.15) is 0 Å². The van der Waals surface area contributed by atoms with E-state index < -0.39 is 42.4 Å². The van der Waals surface area contributed by atoms with Crippen molar-refractivity contribution in [2.45, 2.75) is 65.1 Å². The second-order valence-electron chi connectivity index (χ2n) is 5.68. The Labute approximate surface area is 157 Å². The summed E-state index contributed by atoms with van der Waals surface area (Å²) in [7, 11) is 0. The number of carbonyl (C=O) groups is 3. The second-order valence-corrected chi connectivity index (χ2v) is 6.05. The van der Waals surface area contributed by atoms with Gasteiger partial charge in [-0.25, -0.2) is 0 Å². The maximum Gasteiger partial charge on any atom is 0.303 e. The fourth-order valence-electron chi connectivity index (χ4n) is 2.33. The highest BCUT2D eigenvalue weighted by Gasteiger charge is 2.47. The Kier molecular flexibility index (Phi) is 9.28. The van der Waals surface area contributed by atoms with Crippen LogP contribution in [0.2, 0.25) is 0 Å². The first kappa shape index (κ1) is 22.1. The molecule has 1 fully saturated rings. The zero-order valence-corrected chi connectivity index (χ0v) is 16.1. The maximum atomic E-state index is 11.5. The van der Waals surface area contributed by atoms with Gasteiger partial charge in [-0.3, -0.25) is 14.4 Å². The first-order valence-electron chi connectivity index (χ1n) is 8.31. The van der Waals surface area contributed by atoms with Crippen molar-refractivity contribution in [1.29, 1.82) is 0 Å². The maximum absolute atomic E-state index is 11.5. The summed E-state index contributed by atoms with van der Waals surface area (Å²) >= 11 is 5.09. The third-order valence-electron chi connectivity index (χ3n) is 3.34. The number of rotatable bonds is 7. The van der Waals surface area contributed by atoms with E-state index in [4.69, 9.17) is 35.9 Å². The normalized spacial score (nSPS) is 24.9. The number of thiocarbonyl (C=S) groups is 1. The van der Waals surface area contributed by atoms with Crippen molar-refractivity contribution in [3.8, 4) is 0 Å². The smallest absolute Gasteiger partial charge is 0.303 e. The van der Waals surface area contributed by atoms with Crippen molar-refractivity contribution >= 4 is 35.3 Å². The molecule has 1 N–H and O–H groups in total. The van der Waals surface area contributed by atoms with Crippen molar-refractivity contribution < 1.29 is 38.1 Å². The molecule has 0 radical (unpaired) electrons. The van der Waals surface area contributed by atoms with Gasteiger partial charge in [0.2, 0.25) is 0 Å². The van der Waals surface area contributed by atoms with E-state index in [9.17, 15) is 14.4 Å². The van der Waals surface area contributed by atoms with Crippen LogP contribution in [-0.4, -0.2) is 60.8 Å². The summed E-state index contributed by atoms with van der Waals surface area (Å²) < 4.78 is 26.5. The van der Waals surface area contributed by atoms with Crippen LogP contribution in [0.15, 0.2) is 0 Å². The monoisotopic (exact) mass is 391 g/mol. The highest BCUT2D eigenvalue weighted by atomic mass is 32.1. The Morgan fingerprint density at radius 1 is 1.04 bits per heavy atom. The molecule has 0 amide bonds. The van der Waals surface area contributed by atoms with Crippen molar-refractivity contribution in [3.63, 3.8) is 0 Å². The molecule has 1 saturated heterocycles. The molecule has 148 valence electrons. The molecule has 0 aromatic rings. The van der Waals surface area contributed by atoms with E-state index in [1.807, 2.05) is 6.92 Å². The lowest BCUT2D eigenvalue weighted by Gasteiger charge is -2.40. The molecule has 0 saturated carbocycles. The van der Waals surface area contributed by atoms with Crippen LogP contribution in [0.1, 0.15) is 40.5 Å². The van der Waals surface area contributed by atoms with E-state index in [-0.39, 0.29) is 11.8 Å². The molecule has 4 atom stereocenters. The van der Waals surface area contributed by atoms with Gasteiger partial charge in [0.1, 0.15) is 0 Å². The SMILES string of the molecule is CCCCOC(=S)N[C@H]1OC[C@@H](OC(C)=O)[C@@H](OC(C)=O)[C@H]1OC(C)=O. The van der Waals surface area contributed by atoms with E-state index in [0.29, 0.717) is 6.61 Å². The Bertz CT molecular complexity index is 526. The molecule has 0 aromatic carbocycles. The molecule has 1 rings (SSSR count). The number of esters is 3. The fourth-order valence-corrected chi connectivity index (χ4v) is 2.53.